The number of carbonyl (C=O) groups excluding carboxylic acids is 1. The summed E-state index contributed by atoms with van der Waals surface area (Å²) in [5.41, 5.74) is 3.18. The number of hydrogen-bond acceptors (Lipinski definition) is 4. The summed E-state index contributed by atoms with van der Waals surface area (Å²) in [4.78, 5) is 12.5. The minimum absolute atomic E-state index is 0.313. The minimum atomic E-state index is -0.391. The number of rotatable bonds is 6. The van der Waals surface area contributed by atoms with Crippen LogP contribution in [0.15, 0.2) is 65.9 Å². The van der Waals surface area contributed by atoms with Crippen LogP contribution in [0.5, 0.6) is 5.75 Å². The summed E-state index contributed by atoms with van der Waals surface area (Å²) < 4.78 is 11.1. The highest BCUT2D eigenvalue weighted by molar-refractivity contribution is 7.80. The largest absolute Gasteiger partial charge is 0.489 e. The third-order valence-corrected chi connectivity index (χ3v) is 4.42. The molecule has 0 aliphatic carbocycles. The molecule has 3 rings (SSSR count). The number of esters is 1. The van der Waals surface area contributed by atoms with Gasteiger partial charge in [-0.2, -0.15) is 0 Å². The number of thiocarbonyl (C=S) groups is 1. The summed E-state index contributed by atoms with van der Waals surface area (Å²) in [5, 5.41) is 6.63. The van der Waals surface area contributed by atoms with E-state index in [9.17, 15) is 4.79 Å². The summed E-state index contributed by atoms with van der Waals surface area (Å²) in [6.07, 6.45) is 0. The van der Waals surface area contributed by atoms with E-state index < -0.39 is 6.04 Å². The van der Waals surface area contributed by atoms with Gasteiger partial charge < -0.3 is 20.1 Å². The van der Waals surface area contributed by atoms with Crippen molar-refractivity contribution in [3.8, 4) is 5.75 Å². The molecule has 0 aromatic heterocycles. The molecule has 0 spiro atoms. The lowest BCUT2D eigenvalue weighted by molar-refractivity contribution is -0.139. The molecule has 140 valence electrons. The number of allylic oxidation sites excluding steroid dienone is 1. The van der Waals surface area contributed by atoms with Gasteiger partial charge in [-0.1, -0.05) is 42.5 Å². The first kappa shape index (κ1) is 18.9. The van der Waals surface area contributed by atoms with Crippen molar-refractivity contribution in [1.29, 1.82) is 0 Å². The van der Waals surface area contributed by atoms with Crippen molar-refractivity contribution < 1.29 is 14.3 Å². The van der Waals surface area contributed by atoms with Gasteiger partial charge >= 0.3 is 5.97 Å². The Morgan fingerprint density at radius 1 is 1.15 bits per heavy atom. The van der Waals surface area contributed by atoms with E-state index in [0.717, 1.165) is 16.9 Å². The van der Waals surface area contributed by atoms with Crippen LogP contribution in [-0.4, -0.2) is 17.7 Å². The molecule has 0 saturated carbocycles. The number of benzene rings is 2. The van der Waals surface area contributed by atoms with E-state index in [1.165, 1.54) is 0 Å². The van der Waals surface area contributed by atoms with Crippen LogP contribution >= 0.6 is 12.2 Å². The molecule has 2 N–H and O–H groups in total. The maximum Gasteiger partial charge on any atom is 0.338 e. The Kier molecular flexibility index (Phi) is 6.08. The highest BCUT2D eigenvalue weighted by Crippen LogP contribution is 2.30. The number of carbonyl (C=O) groups is 1. The highest BCUT2D eigenvalue weighted by Gasteiger charge is 2.31. The predicted molar refractivity (Wildman–Crippen MR) is 108 cm³/mol. The van der Waals surface area contributed by atoms with Crippen LogP contribution in [0.1, 0.15) is 31.0 Å². The fraction of sp³-hybridized carbons (Fsp3) is 0.238. The molecule has 5 nitrogen and oxygen atoms in total. The molecule has 0 radical (unpaired) electrons. The van der Waals surface area contributed by atoms with Crippen LogP contribution in [0.4, 0.5) is 0 Å². The zero-order valence-corrected chi connectivity index (χ0v) is 16.1. The van der Waals surface area contributed by atoms with Crippen LogP contribution < -0.4 is 15.4 Å². The van der Waals surface area contributed by atoms with E-state index in [0.29, 0.717) is 29.6 Å². The molecule has 27 heavy (non-hydrogen) atoms. The van der Waals surface area contributed by atoms with Gasteiger partial charge in [0.2, 0.25) is 0 Å². The highest BCUT2D eigenvalue weighted by atomic mass is 32.1. The summed E-state index contributed by atoms with van der Waals surface area (Å²) >= 11 is 5.27. The topological polar surface area (TPSA) is 59.6 Å². The monoisotopic (exact) mass is 382 g/mol. The van der Waals surface area contributed by atoms with Crippen LogP contribution in [-0.2, 0) is 16.1 Å². The van der Waals surface area contributed by atoms with Crippen molar-refractivity contribution >= 4 is 23.3 Å². The van der Waals surface area contributed by atoms with Crippen molar-refractivity contribution in [3.05, 3.63) is 77.0 Å². The molecule has 2 aromatic carbocycles. The zero-order valence-electron chi connectivity index (χ0n) is 15.3. The van der Waals surface area contributed by atoms with E-state index in [4.69, 9.17) is 21.7 Å². The molecule has 1 aliphatic heterocycles. The SMILES string of the molecule is CCOC(=O)C1=C(C)NC(=S)N[C@@H]1c1cccc(OCc2ccccc2)c1. The molecule has 2 aromatic rings. The lowest BCUT2D eigenvalue weighted by Crippen LogP contribution is -2.45. The van der Waals surface area contributed by atoms with E-state index in [-0.39, 0.29) is 5.97 Å². The molecular formula is C21H22N2O3S. The van der Waals surface area contributed by atoms with E-state index in [2.05, 4.69) is 10.6 Å². The molecule has 0 amide bonds. The van der Waals surface area contributed by atoms with Gasteiger partial charge in [0, 0.05) is 5.70 Å². The predicted octanol–water partition coefficient (Wildman–Crippen LogP) is 3.62. The van der Waals surface area contributed by atoms with Gasteiger partial charge in [-0.25, -0.2) is 4.79 Å². The fourth-order valence-electron chi connectivity index (χ4n) is 2.95. The molecule has 0 fully saturated rings. The Balaban J connectivity index is 1.84. The van der Waals surface area contributed by atoms with Gasteiger partial charge in [0.05, 0.1) is 18.2 Å². The summed E-state index contributed by atoms with van der Waals surface area (Å²) in [6, 6.07) is 17.2. The second-order valence-corrected chi connectivity index (χ2v) is 6.55. The van der Waals surface area contributed by atoms with Crippen LogP contribution in [0.2, 0.25) is 0 Å². The Hall–Kier alpha value is -2.86. The summed E-state index contributed by atoms with van der Waals surface area (Å²) in [6.45, 7) is 4.40. The Morgan fingerprint density at radius 3 is 2.67 bits per heavy atom. The van der Waals surface area contributed by atoms with Crippen molar-refractivity contribution in [3.63, 3.8) is 0 Å². The molecule has 1 atom stereocenters. The third kappa shape index (κ3) is 4.65. The van der Waals surface area contributed by atoms with Crippen molar-refractivity contribution in [2.45, 2.75) is 26.5 Å². The molecule has 0 saturated heterocycles. The third-order valence-electron chi connectivity index (χ3n) is 4.20. The van der Waals surface area contributed by atoms with Crippen molar-refractivity contribution in [2.24, 2.45) is 0 Å². The second kappa shape index (κ2) is 8.68. The smallest absolute Gasteiger partial charge is 0.338 e. The van der Waals surface area contributed by atoms with E-state index in [1.807, 2.05) is 61.5 Å². The van der Waals surface area contributed by atoms with Gasteiger partial charge in [0.1, 0.15) is 12.4 Å². The van der Waals surface area contributed by atoms with E-state index in [1.54, 1.807) is 6.92 Å². The second-order valence-electron chi connectivity index (χ2n) is 6.14. The molecule has 0 bridgehead atoms. The Labute approximate surface area is 164 Å². The van der Waals surface area contributed by atoms with Crippen molar-refractivity contribution in [2.75, 3.05) is 6.61 Å². The standard InChI is InChI=1S/C21H22N2O3S/c1-3-25-20(24)18-14(2)22-21(27)23-19(18)16-10-7-11-17(12-16)26-13-15-8-5-4-6-9-15/h4-12,19H,3,13H2,1-2H3,(H2,22,23,27)/t19-/m1/s1. The Bertz CT molecular complexity index is 865. The van der Waals surface area contributed by atoms with Gasteiger partial charge in [-0.3, -0.25) is 0 Å². The molecule has 6 heteroatoms. The number of nitrogens with one attached hydrogen (secondary N) is 2. The lowest BCUT2D eigenvalue weighted by Gasteiger charge is -2.30. The van der Waals surface area contributed by atoms with Crippen molar-refractivity contribution in [1.82, 2.24) is 10.6 Å². The van der Waals surface area contributed by atoms with Gasteiger partial charge in [-0.05, 0) is 49.3 Å². The quantitative estimate of drug-likeness (QED) is 0.588. The van der Waals surface area contributed by atoms with E-state index >= 15 is 0 Å². The fourth-order valence-corrected chi connectivity index (χ4v) is 3.22. The molecule has 0 unspecified atom stereocenters. The van der Waals surface area contributed by atoms with Gasteiger partial charge in [-0.15, -0.1) is 0 Å². The number of hydrogen-bond donors (Lipinski definition) is 2. The van der Waals surface area contributed by atoms with Crippen LogP contribution in [0.3, 0.4) is 0 Å². The molecular weight excluding hydrogens is 360 g/mol. The Morgan fingerprint density at radius 2 is 1.93 bits per heavy atom. The average Bonchev–Trinajstić information content (AvgIpc) is 2.67. The summed E-state index contributed by atoms with van der Waals surface area (Å²) in [7, 11) is 0. The minimum Gasteiger partial charge on any atom is -0.489 e. The molecule has 1 aliphatic rings. The summed E-state index contributed by atoms with van der Waals surface area (Å²) in [5.74, 6) is 0.363. The molecule has 1 heterocycles. The lowest BCUT2D eigenvalue weighted by atomic mass is 9.95. The maximum atomic E-state index is 12.5. The average molecular weight is 382 g/mol. The van der Waals surface area contributed by atoms with Crippen LogP contribution in [0.25, 0.3) is 0 Å². The first-order chi connectivity index (χ1) is 13.1. The maximum absolute atomic E-state index is 12.5. The van der Waals surface area contributed by atoms with Gasteiger partial charge in [0.25, 0.3) is 0 Å². The first-order valence-electron chi connectivity index (χ1n) is 8.80. The van der Waals surface area contributed by atoms with Crippen LogP contribution in [0, 0.1) is 0 Å². The zero-order chi connectivity index (χ0) is 19.2. The first-order valence-corrected chi connectivity index (χ1v) is 9.21. The number of ether oxygens (including phenoxy) is 2. The normalized spacial score (nSPS) is 16.4. The van der Waals surface area contributed by atoms with Gasteiger partial charge in [0.15, 0.2) is 5.11 Å².